The number of hydrogen-bond donors (Lipinski definition) is 2. The third kappa shape index (κ3) is 4.00. The van der Waals surface area contributed by atoms with E-state index in [1.54, 1.807) is 0 Å². The summed E-state index contributed by atoms with van der Waals surface area (Å²) in [6.45, 7) is 13.4. The van der Waals surface area contributed by atoms with Crippen LogP contribution in [0.2, 0.25) is 0 Å². The summed E-state index contributed by atoms with van der Waals surface area (Å²) in [5.41, 5.74) is 0.580. The minimum atomic E-state index is 0.111. The van der Waals surface area contributed by atoms with Crippen LogP contribution in [0.5, 0.6) is 0 Å². The van der Waals surface area contributed by atoms with Gasteiger partial charge in [0, 0.05) is 38.8 Å². The third-order valence-corrected chi connectivity index (χ3v) is 8.42. The molecule has 2 amide bonds. The van der Waals surface area contributed by atoms with Crippen LogP contribution >= 0.6 is 0 Å². The first-order chi connectivity index (χ1) is 12.7. The molecule has 1 aliphatic heterocycles. The second-order valence-electron chi connectivity index (χ2n) is 10.5. The van der Waals surface area contributed by atoms with Gasteiger partial charge in [0.05, 0.1) is 0 Å². The first-order valence-electron chi connectivity index (χ1n) is 11.0. The number of aliphatic hydroxyl groups is 1. The van der Waals surface area contributed by atoms with Crippen LogP contribution in [0.15, 0.2) is 0 Å². The van der Waals surface area contributed by atoms with Crippen molar-refractivity contribution in [1.29, 1.82) is 0 Å². The average molecular weight is 380 g/mol. The fourth-order valence-corrected chi connectivity index (χ4v) is 6.73. The molecule has 2 N–H and O–H groups in total. The molecule has 3 rings (SSSR count). The number of rotatable bonds is 3. The van der Waals surface area contributed by atoms with Gasteiger partial charge in [-0.15, -0.1) is 0 Å². The summed E-state index contributed by atoms with van der Waals surface area (Å²) < 4.78 is 0. The van der Waals surface area contributed by atoms with Crippen molar-refractivity contribution in [2.24, 2.45) is 28.6 Å². The lowest BCUT2D eigenvalue weighted by molar-refractivity contribution is -0.110. The number of aliphatic hydroxyl groups excluding tert-OH is 1. The van der Waals surface area contributed by atoms with Gasteiger partial charge in [0.25, 0.3) is 0 Å². The molecule has 1 heterocycles. The van der Waals surface area contributed by atoms with Gasteiger partial charge >= 0.3 is 6.03 Å². The number of carbonyl (C=O) groups is 1. The van der Waals surface area contributed by atoms with Crippen molar-refractivity contribution < 1.29 is 9.90 Å². The Hall–Kier alpha value is -0.810. The number of likely N-dealkylation sites (N-methyl/N-ethyl adjacent to an activating group) is 1. The van der Waals surface area contributed by atoms with Gasteiger partial charge in [0.1, 0.15) is 0 Å². The largest absolute Gasteiger partial charge is 0.396 e. The first kappa shape index (κ1) is 20.9. The summed E-state index contributed by atoms with van der Waals surface area (Å²) in [5.74, 6) is 1.48. The van der Waals surface area contributed by atoms with E-state index in [1.165, 1.54) is 19.3 Å². The van der Waals surface area contributed by atoms with Crippen LogP contribution < -0.4 is 5.32 Å². The van der Waals surface area contributed by atoms with Crippen LogP contribution in [0.3, 0.4) is 0 Å². The normalized spacial score (nSPS) is 39.7. The van der Waals surface area contributed by atoms with Crippen molar-refractivity contribution in [1.82, 2.24) is 15.1 Å². The summed E-state index contributed by atoms with van der Waals surface area (Å²) >= 11 is 0. The van der Waals surface area contributed by atoms with E-state index >= 15 is 0 Å². The fourth-order valence-electron chi connectivity index (χ4n) is 6.73. The molecule has 0 bridgehead atoms. The standard InChI is InChI=1S/C22H41N3O2/c1-16-17(7-14-26)22(4)9-6-8-21(2,3)19(22)15-18(16)23-20(27)25-12-10-24(5)11-13-25/h16-19,26H,6-15H2,1-5H3,(H,23,27)/t16-,17-,18+,19?,22+/m0/s1. The monoisotopic (exact) mass is 379 g/mol. The zero-order chi connectivity index (χ0) is 19.8. The Labute approximate surface area is 165 Å². The Morgan fingerprint density at radius 1 is 1.15 bits per heavy atom. The predicted octanol–water partition coefficient (Wildman–Crippen LogP) is 3.18. The molecule has 5 heteroatoms. The van der Waals surface area contributed by atoms with E-state index in [-0.39, 0.29) is 24.1 Å². The molecule has 1 saturated heterocycles. The van der Waals surface area contributed by atoms with Crippen molar-refractivity contribution in [3.8, 4) is 0 Å². The number of urea groups is 1. The van der Waals surface area contributed by atoms with Gasteiger partial charge in [-0.25, -0.2) is 4.79 Å². The van der Waals surface area contributed by atoms with Gasteiger partial charge < -0.3 is 20.2 Å². The molecule has 0 aromatic heterocycles. The number of fused-ring (bicyclic) bond motifs is 1. The lowest BCUT2D eigenvalue weighted by Crippen LogP contribution is -2.61. The highest BCUT2D eigenvalue weighted by molar-refractivity contribution is 5.74. The van der Waals surface area contributed by atoms with E-state index in [4.69, 9.17) is 0 Å². The van der Waals surface area contributed by atoms with Crippen molar-refractivity contribution in [2.75, 3.05) is 39.8 Å². The van der Waals surface area contributed by atoms with Crippen LogP contribution in [0.1, 0.15) is 59.8 Å². The van der Waals surface area contributed by atoms with Gasteiger partial charge in [-0.3, -0.25) is 0 Å². The molecule has 27 heavy (non-hydrogen) atoms. The highest BCUT2D eigenvalue weighted by atomic mass is 16.3. The minimum absolute atomic E-state index is 0.111. The lowest BCUT2D eigenvalue weighted by atomic mass is 9.45. The number of nitrogens with zero attached hydrogens (tertiary/aromatic N) is 2. The molecule has 0 aromatic carbocycles. The smallest absolute Gasteiger partial charge is 0.317 e. The van der Waals surface area contributed by atoms with Crippen LogP contribution in [0.4, 0.5) is 4.79 Å². The number of carbonyl (C=O) groups excluding carboxylic acids is 1. The zero-order valence-corrected chi connectivity index (χ0v) is 18.1. The lowest BCUT2D eigenvalue weighted by Gasteiger charge is -2.61. The summed E-state index contributed by atoms with van der Waals surface area (Å²) in [5, 5.41) is 13.2. The molecule has 1 unspecified atom stereocenters. The molecule has 0 spiro atoms. The Bertz CT molecular complexity index is 530. The van der Waals surface area contributed by atoms with Gasteiger partial charge in [-0.1, -0.05) is 34.1 Å². The average Bonchev–Trinajstić information content (AvgIpc) is 2.60. The summed E-state index contributed by atoms with van der Waals surface area (Å²) in [4.78, 5) is 17.2. The quantitative estimate of drug-likeness (QED) is 0.792. The zero-order valence-electron chi connectivity index (χ0n) is 18.1. The maximum atomic E-state index is 12.9. The van der Waals surface area contributed by atoms with E-state index in [0.29, 0.717) is 23.2 Å². The van der Waals surface area contributed by atoms with E-state index in [2.05, 4.69) is 45.0 Å². The maximum Gasteiger partial charge on any atom is 0.317 e. The third-order valence-electron chi connectivity index (χ3n) is 8.42. The molecule has 2 saturated carbocycles. The van der Waals surface area contributed by atoms with Gasteiger partial charge in [-0.05, 0) is 61.3 Å². The molecule has 3 fully saturated rings. The Kier molecular flexibility index (Phi) is 6.12. The Morgan fingerprint density at radius 2 is 1.81 bits per heavy atom. The number of piperazine rings is 1. The van der Waals surface area contributed by atoms with E-state index < -0.39 is 0 Å². The van der Waals surface area contributed by atoms with Crippen LogP contribution in [-0.4, -0.2) is 66.8 Å². The second-order valence-corrected chi connectivity index (χ2v) is 10.5. The molecular formula is C22H41N3O2. The Balaban J connectivity index is 1.76. The first-order valence-corrected chi connectivity index (χ1v) is 11.0. The molecular weight excluding hydrogens is 338 g/mol. The number of nitrogens with one attached hydrogen (secondary N) is 1. The van der Waals surface area contributed by atoms with E-state index in [9.17, 15) is 9.90 Å². The van der Waals surface area contributed by atoms with Gasteiger partial charge in [0.15, 0.2) is 0 Å². The molecule has 0 radical (unpaired) electrons. The Morgan fingerprint density at radius 3 is 2.44 bits per heavy atom. The topological polar surface area (TPSA) is 55.8 Å². The van der Waals surface area contributed by atoms with Crippen LogP contribution in [0.25, 0.3) is 0 Å². The summed E-state index contributed by atoms with van der Waals surface area (Å²) in [7, 11) is 2.12. The fraction of sp³-hybridized carbons (Fsp3) is 0.955. The molecule has 5 nitrogen and oxygen atoms in total. The highest BCUT2D eigenvalue weighted by Crippen LogP contribution is 2.61. The van der Waals surface area contributed by atoms with E-state index in [0.717, 1.165) is 39.0 Å². The predicted molar refractivity (Wildman–Crippen MR) is 110 cm³/mol. The SMILES string of the molecule is C[C@@H]1[C@H](NC(=O)N2CCN(C)CC2)CC2C(C)(C)CCC[C@]2(C)[C@H]1CCO. The number of amides is 2. The second kappa shape index (κ2) is 7.90. The molecule has 156 valence electrons. The van der Waals surface area contributed by atoms with Crippen molar-refractivity contribution in [2.45, 2.75) is 65.8 Å². The summed E-state index contributed by atoms with van der Waals surface area (Å²) in [6, 6.07) is 0.323. The number of hydrogen-bond acceptors (Lipinski definition) is 3. The van der Waals surface area contributed by atoms with Crippen molar-refractivity contribution in [3.63, 3.8) is 0 Å². The highest BCUT2D eigenvalue weighted by Gasteiger charge is 2.56. The van der Waals surface area contributed by atoms with Crippen molar-refractivity contribution in [3.05, 3.63) is 0 Å². The molecule has 3 aliphatic rings. The maximum absolute atomic E-state index is 12.9. The van der Waals surface area contributed by atoms with Crippen LogP contribution in [-0.2, 0) is 0 Å². The van der Waals surface area contributed by atoms with Crippen LogP contribution in [0, 0.1) is 28.6 Å². The molecule has 0 aromatic rings. The summed E-state index contributed by atoms with van der Waals surface area (Å²) in [6.07, 6.45) is 5.74. The van der Waals surface area contributed by atoms with E-state index in [1.807, 2.05) is 4.90 Å². The van der Waals surface area contributed by atoms with Gasteiger partial charge in [0.2, 0.25) is 0 Å². The minimum Gasteiger partial charge on any atom is -0.396 e. The van der Waals surface area contributed by atoms with Gasteiger partial charge in [-0.2, -0.15) is 0 Å². The molecule has 5 atom stereocenters. The molecule has 2 aliphatic carbocycles. The van der Waals surface area contributed by atoms with Crippen molar-refractivity contribution >= 4 is 6.03 Å².